The second-order valence-electron chi connectivity index (χ2n) is 3.54. The van der Waals surface area contributed by atoms with Crippen LogP contribution in [-0.2, 0) is 52.9 Å². The monoisotopic (exact) mass is 443 g/mol. The maximum absolute atomic E-state index is 7.50. The zero-order valence-electron chi connectivity index (χ0n) is 11.5. The Labute approximate surface area is 144 Å². The first-order valence-corrected chi connectivity index (χ1v) is 5.61. The molecule has 113 valence electrons. The Morgan fingerprint density at radius 2 is 0.474 bits per heavy atom. The molecule has 0 spiro atoms. The van der Waals surface area contributed by atoms with Crippen molar-refractivity contribution >= 4 is 0 Å². The molecule has 19 heavy (non-hydrogen) atoms. The Balaban J connectivity index is -0.0000000289. The molecule has 2 saturated carbocycles. The predicted molar refractivity (Wildman–Crippen MR) is 64.4 cm³/mol. The normalized spacial score (nSPS) is 12.9. The van der Waals surface area contributed by atoms with Crippen LogP contribution in [0.15, 0.2) is 0 Å². The van der Waals surface area contributed by atoms with E-state index in [1.807, 2.05) is 0 Å². The minimum absolute atomic E-state index is 0. The molecule has 2 aliphatic carbocycles. The first kappa shape index (κ1) is 36.6. The van der Waals surface area contributed by atoms with E-state index in [0.717, 1.165) is 0 Å². The third kappa shape index (κ3) is 45.7. The van der Waals surface area contributed by atoms with Gasteiger partial charge in [0.2, 0.25) is 0 Å². The molecule has 0 atom stereocenters. The van der Waals surface area contributed by atoms with Crippen molar-refractivity contribution in [3.63, 3.8) is 0 Å². The van der Waals surface area contributed by atoms with Crippen molar-refractivity contribution in [1.29, 1.82) is 0 Å². The summed E-state index contributed by atoms with van der Waals surface area (Å²) in [7, 11) is 0. The topological polar surface area (TPSA) is 59.7 Å². The fourth-order valence-corrected chi connectivity index (χ4v) is 1.77. The molecular weight excluding hydrogens is 418 g/mol. The van der Waals surface area contributed by atoms with Gasteiger partial charge in [-0.1, -0.05) is 64.2 Å². The van der Waals surface area contributed by atoms with Crippen LogP contribution >= 0.6 is 0 Å². The smallest absolute Gasteiger partial charge is 0.358 e. The molecule has 0 heterocycles. The molecule has 0 saturated heterocycles. The third-order valence-corrected chi connectivity index (χ3v) is 2.50. The molecule has 5 heteroatoms. The summed E-state index contributed by atoms with van der Waals surface area (Å²) in [5, 5.41) is 0. The van der Waals surface area contributed by atoms with Gasteiger partial charge < -0.3 is 7.43 Å². The van der Waals surface area contributed by atoms with Crippen LogP contribution in [0.1, 0.15) is 64.2 Å². The summed E-state index contributed by atoms with van der Waals surface area (Å²) < 4.78 is 22.5. The largest absolute Gasteiger partial charge is 1.00 e. The molecule has 1 radical (unpaired) electrons. The predicted octanol–water partition coefficient (Wildman–Crippen LogP) is 4.23. The van der Waals surface area contributed by atoms with Gasteiger partial charge in [-0.3, -0.25) is 0 Å². The molecule has 0 aromatic heterocycles. The molecule has 2 fully saturated rings. The summed E-state index contributed by atoms with van der Waals surface area (Å²) in [5.74, 6) is 0. The van der Waals surface area contributed by atoms with Gasteiger partial charge in [0.1, 0.15) is 0 Å². The van der Waals surface area contributed by atoms with Gasteiger partial charge >= 0.3 is 53.4 Å². The van der Waals surface area contributed by atoms with E-state index in [-0.39, 0.29) is 46.4 Å². The van der Waals surface area contributed by atoms with Gasteiger partial charge in [-0.25, -0.2) is 0 Å². The van der Waals surface area contributed by atoms with Gasteiger partial charge in [0.15, 0.2) is 0 Å². The Hall–Kier alpha value is 0.467. The number of hydrogen-bond acceptors (Lipinski definition) is 0. The first-order chi connectivity index (χ1) is 8.00. The maximum atomic E-state index is 7.50. The van der Waals surface area contributed by atoms with Crippen molar-refractivity contribution < 1.29 is 52.9 Å². The van der Waals surface area contributed by atoms with Gasteiger partial charge in [0.05, 0.1) is 0 Å². The summed E-state index contributed by atoms with van der Waals surface area (Å²) in [4.78, 5) is 0. The molecule has 0 bridgehead atoms. The van der Waals surface area contributed by atoms with E-state index >= 15 is 0 Å². The van der Waals surface area contributed by atoms with Crippen molar-refractivity contribution in [3.8, 4) is 0 Å². The summed E-state index contributed by atoms with van der Waals surface area (Å²) in [6.07, 6.45) is 15.0. The van der Waals surface area contributed by atoms with Crippen LogP contribution in [-0.4, -0.2) is 0 Å². The van der Waals surface area contributed by atoms with Gasteiger partial charge in [-0.2, -0.15) is 0 Å². The van der Waals surface area contributed by atoms with Crippen LogP contribution in [0.5, 0.6) is 0 Å². The fourth-order valence-electron chi connectivity index (χ4n) is 1.77. The van der Waals surface area contributed by atoms with Crippen LogP contribution in [0.2, 0.25) is 0 Å². The number of rotatable bonds is 0. The third-order valence-electron chi connectivity index (χ3n) is 2.50. The van der Waals surface area contributed by atoms with Crippen molar-refractivity contribution in [3.05, 3.63) is 27.4 Å². The van der Waals surface area contributed by atoms with Crippen molar-refractivity contribution in [2.75, 3.05) is 0 Å². The Bertz CT molecular complexity index is 120. The van der Waals surface area contributed by atoms with E-state index in [2.05, 4.69) is 20.0 Å². The van der Waals surface area contributed by atoms with Crippen LogP contribution in [0.3, 0.4) is 0 Å². The standard InChI is InChI=1S/2C5H10.3CO.CH3.2Ru/c2*1-2-4-5-3-1;3*1-2;;;/h2*1-5H2;;;;1H3;;/q;;;;;-1;;+1. The van der Waals surface area contributed by atoms with Crippen LogP contribution in [0.4, 0.5) is 0 Å². The molecule has 0 N–H and O–H groups in total. The summed E-state index contributed by atoms with van der Waals surface area (Å²) >= 11 is 0. The maximum Gasteiger partial charge on any atom is 1.00 e. The SMILES string of the molecule is C1CCCC1.C1CCCC1.[C-]#[O+].[C-]#[O+].[C-]#[O+].[CH3-].[Ru+].[Ru]. The molecule has 0 aromatic carbocycles. The van der Waals surface area contributed by atoms with E-state index in [9.17, 15) is 0 Å². The summed E-state index contributed by atoms with van der Waals surface area (Å²) in [5.41, 5.74) is 0. The van der Waals surface area contributed by atoms with Gasteiger partial charge in [-0.15, -0.1) is 0 Å². The van der Waals surface area contributed by atoms with Gasteiger partial charge in [0.25, 0.3) is 0 Å². The fraction of sp³-hybridized carbons (Fsp3) is 0.714. The molecule has 2 aliphatic rings. The van der Waals surface area contributed by atoms with E-state index in [0.29, 0.717) is 0 Å². The molecule has 3 nitrogen and oxygen atoms in total. The minimum Gasteiger partial charge on any atom is -0.358 e. The zero-order chi connectivity index (χ0) is 13.1. The van der Waals surface area contributed by atoms with E-state index in [4.69, 9.17) is 14.0 Å². The van der Waals surface area contributed by atoms with Crippen molar-refractivity contribution in [1.82, 2.24) is 0 Å². The second-order valence-corrected chi connectivity index (χ2v) is 3.54. The molecular formula is C14H23O3Ru2. The molecule has 2 rings (SSSR count). The van der Waals surface area contributed by atoms with E-state index in [1.54, 1.807) is 0 Å². The second kappa shape index (κ2) is 51.4. The molecule has 0 aliphatic heterocycles. The summed E-state index contributed by atoms with van der Waals surface area (Å²) in [6, 6.07) is 0. The van der Waals surface area contributed by atoms with Gasteiger partial charge in [-0.05, 0) is 0 Å². The van der Waals surface area contributed by atoms with Crippen molar-refractivity contribution in [2.24, 2.45) is 0 Å². The van der Waals surface area contributed by atoms with Crippen LogP contribution in [0.25, 0.3) is 0 Å². The van der Waals surface area contributed by atoms with Crippen molar-refractivity contribution in [2.45, 2.75) is 64.2 Å². The van der Waals surface area contributed by atoms with Gasteiger partial charge in [0, 0.05) is 19.5 Å². The van der Waals surface area contributed by atoms with E-state index in [1.165, 1.54) is 64.2 Å². The number of hydrogen-bond donors (Lipinski definition) is 0. The quantitative estimate of drug-likeness (QED) is 0.307. The minimum atomic E-state index is 0. The summed E-state index contributed by atoms with van der Waals surface area (Å²) in [6.45, 7) is 13.5. The molecule has 0 amide bonds. The molecule has 0 unspecified atom stereocenters. The van der Waals surface area contributed by atoms with Crippen LogP contribution < -0.4 is 0 Å². The first-order valence-electron chi connectivity index (χ1n) is 5.61. The average molecular weight is 441 g/mol. The Morgan fingerprint density at radius 1 is 0.421 bits per heavy atom. The average Bonchev–Trinajstić information content (AvgIpc) is 3.14. The zero-order valence-corrected chi connectivity index (χ0v) is 15.0. The Kier molecular flexibility index (Phi) is 99.1. The Morgan fingerprint density at radius 3 is 0.526 bits per heavy atom. The molecule has 0 aromatic rings. The van der Waals surface area contributed by atoms with Crippen LogP contribution in [0, 0.1) is 27.4 Å². The van der Waals surface area contributed by atoms with E-state index < -0.39 is 0 Å².